The van der Waals surface area contributed by atoms with Crippen LogP contribution in [0.15, 0.2) is 60.0 Å². The number of hydrogen-bond acceptors (Lipinski definition) is 4. The zero-order chi connectivity index (χ0) is 17.5. The summed E-state index contributed by atoms with van der Waals surface area (Å²) in [5.74, 6) is -0.564. The number of benzene rings is 2. The van der Waals surface area contributed by atoms with Crippen LogP contribution in [0.25, 0.3) is 0 Å². The number of nitrogens with zero attached hydrogens (tertiary/aromatic N) is 1. The van der Waals surface area contributed by atoms with Crippen LogP contribution >= 0.6 is 0 Å². The van der Waals surface area contributed by atoms with Crippen LogP contribution in [0, 0.1) is 12.7 Å². The number of ether oxygens (including phenoxy) is 1. The highest BCUT2D eigenvalue weighted by Gasteiger charge is 2.40. The smallest absolute Gasteiger partial charge is 0.429 e. The van der Waals surface area contributed by atoms with Gasteiger partial charge in [-0.15, -0.1) is 0 Å². The van der Waals surface area contributed by atoms with Crippen molar-refractivity contribution in [3.05, 3.63) is 72.1 Å². The van der Waals surface area contributed by atoms with Crippen molar-refractivity contribution in [3.63, 3.8) is 0 Å². The molecule has 0 aliphatic carbocycles. The highest BCUT2D eigenvalue weighted by Crippen LogP contribution is 2.38. The molecule has 1 atom stereocenters. The largest absolute Gasteiger partial charge is 0.436 e. The molecular weight excluding hydrogens is 333 g/mol. The maximum atomic E-state index is 13.5. The number of sulfonamides is 1. The van der Waals surface area contributed by atoms with E-state index in [4.69, 9.17) is 4.74 Å². The van der Waals surface area contributed by atoms with E-state index in [2.05, 4.69) is 6.58 Å². The lowest BCUT2D eigenvalue weighted by Crippen LogP contribution is -2.41. The summed E-state index contributed by atoms with van der Waals surface area (Å²) >= 11 is 0. The number of fused-ring (bicyclic) bond motifs is 1. The molecule has 124 valence electrons. The van der Waals surface area contributed by atoms with Crippen molar-refractivity contribution >= 4 is 21.8 Å². The van der Waals surface area contributed by atoms with Gasteiger partial charge in [0.25, 0.3) is 10.0 Å². The van der Waals surface area contributed by atoms with Gasteiger partial charge < -0.3 is 4.74 Å². The van der Waals surface area contributed by atoms with Gasteiger partial charge in [0.15, 0.2) is 0 Å². The minimum Gasteiger partial charge on any atom is -0.436 e. The summed E-state index contributed by atoms with van der Waals surface area (Å²) in [5.41, 5.74) is 1.16. The van der Waals surface area contributed by atoms with Gasteiger partial charge in [0.2, 0.25) is 0 Å². The molecule has 0 fully saturated rings. The highest BCUT2D eigenvalue weighted by molar-refractivity contribution is 7.93. The van der Waals surface area contributed by atoms with E-state index in [9.17, 15) is 17.6 Å². The summed E-state index contributed by atoms with van der Waals surface area (Å²) < 4.78 is 44.9. The molecule has 1 amide bonds. The molecule has 2 aromatic carbocycles. The average molecular weight is 347 g/mol. The number of halogens is 1. The van der Waals surface area contributed by atoms with Crippen LogP contribution in [0.1, 0.15) is 17.2 Å². The normalized spacial score (nSPS) is 17.2. The van der Waals surface area contributed by atoms with Crippen molar-refractivity contribution in [2.24, 2.45) is 0 Å². The van der Waals surface area contributed by atoms with E-state index < -0.39 is 28.0 Å². The van der Waals surface area contributed by atoms with Crippen LogP contribution < -0.4 is 4.31 Å². The third kappa shape index (κ3) is 2.56. The zero-order valence-corrected chi connectivity index (χ0v) is 13.6. The van der Waals surface area contributed by atoms with Crippen molar-refractivity contribution in [1.29, 1.82) is 0 Å². The van der Waals surface area contributed by atoms with Gasteiger partial charge in [-0.3, -0.25) is 0 Å². The van der Waals surface area contributed by atoms with E-state index in [0.29, 0.717) is 4.31 Å². The van der Waals surface area contributed by atoms with Gasteiger partial charge in [-0.05, 0) is 43.3 Å². The third-order valence-electron chi connectivity index (χ3n) is 3.68. The highest BCUT2D eigenvalue weighted by atomic mass is 32.2. The monoisotopic (exact) mass is 347 g/mol. The lowest BCUT2D eigenvalue weighted by atomic mass is 10.1. The lowest BCUT2D eigenvalue weighted by Gasteiger charge is -2.31. The second-order valence-electron chi connectivity index (χ2n) is 5.33. The molecule has 0 aromatic heterocycles. The van der Waals surface area contributed by atoms with Crippen molar-refractivity contribution in [2.45, 2.75) is 17.9 Å². The molecule has 7 heteroatoms. The molecule has 24 heavy (non-hydrogen) atoms. The first-order valence-electron chi connectivity index (χ1n) is 7.09. The molecule has 1 unspecified atom stereocenters. The van der Waals surface area contributed by atoms with E-state index in [-0.39, 0.29) is 16.1 Å². The maximum Gasteiger partial charge on any atom is 0.429 e. The minimum atomic E-state index is -4.18. The van der Waals surface area contributed by atoms with E-state index in [0.717, 1.165) is 17.7 Å². The molecule has 1 heterocycles. The summed E-state index contributed by atoms with van der Waals surface area (Å²) in [6.45, 7) is 5.35. The predicted octanol–water partition coefficient (Wildman–Crippen LogP) is 3.71. The molecule has 0 spiro atoms. The molecule has 0 radical (unpaired) electrons. The fraction of sp³-hybridized carbons (Fsp3) is 0.118. The molecule has 1 aliphatic rings. The summed E-state index contributed by atoms with van der Waals surface area (Å²) in [7, 11) is -4.18. The van der Waals surface area contributed by atoms with Crippen molar-refractivity contribution in [1.82, 2.24) is 0 Å². The predicted molar refractivity (Wildman–Crippen MR) is 86.7 cm³/mol. The van der Waals surface area contributed by atoms with Crippen molar-refractivity contribution in [3.8, 4) is 0 Å². The molecule has 2 aromatic rings. The lowest BCUT2D eigenvalue weighted by molar-refractivity contribution is 0.126. The Labute approximate surface area is 139 Å². The second-order valence-corrected chi connectivity index (χ2v) is 7.11. The van der Waals surface area contributed by atoms with Crippen LogP contribution in [-0.4, -0.2) is 14.5 Å². The Balaban J connectivity index is 2.18. The Morgan fingerprint density at radius 1 is 1.21 bits per heavy atom. The fourth-order valence-corrected chi connectivity index (χ4v) is 3.83. The van der Waals surface area contributed by atoms with Crippen LogP contribution in [0.4, 0.5) is 14.9 Å². The van der Waals surface area contributed by atoms with Crippen LogP contribution in [0.2, 0.25) is 0 Å². The topological polar surface area (TPSA) is 63.7 Å². The number of hydrogen-bond donors (Lipinski definition) is 0. The van der Waals surface area contributed by atoms with Gasteiger partial charge in [-0.1, -0.05) is 24.3 Å². The molecule has 0 N–H and O–H groups in total. The van der Waals surface area contributed by atoms with E-state index in [1.165, 1.54) is 24.3 Å². The van der Waals surface area contributed by atoms with Crippen LogP contribution in [0.5, 0.6) is 0 Å². The Bertz CT molecular complexity index is 922. The SMILES string of the molecule is C=CC1OC(=O)N(S(=O)(=O)c2ccc(C)cc2)c2ccc(F)cc21. The summed E-state index contributed by atoms with van der Waals surface area (Å²) in [6, 6.07) is 9.52. The molecule has 3 rings (SSSR count). The Kier molecular flexibility index (Phi) is 3.88. The Morgan fingerprint density at radius 2 is 1.88 bits per heavy atom. The number of cyclic esters (lactones) is 1. The van der Waals surface area contributed by atoms with Gasteiger partial charge in [-0.25, -0.2) is 17.6 Å². The molecule has 0 saturated carbocycles. The molecule has 0 bridgehead atoms. The zero-order valence-electron chi connectivity index (χ0n) is 12.8. The number of carbonyl (C=O) groups excluding carboxylic acids is 1. The van der Waals surface area contributed by atoms with Crippen molar-refractivity contribution < 1.29 is 22.3 Å². The van der Waals surface area contributed by atoms with Crippen LogP contribution in [0.3, 0.4) is 0 Å². The number of anilines is 1. The van der Waals surface area contributed by atoms with E-state index in [1.807, 2.05) is 6.92 Å². The third-order valence-corrected chi connectivity index (χ3v) is 5.38. The Hall–Kier alpha value is -2.67. The van der Waals surface area contributed by atoms with Gasteiger partial charge in [0, 0.05) is 5.56 Å². The van der Waals surface area contributed by atoms with E-state index in [1.54, 1.807) is 12.1 Å². The van der Waals surface area contributed by atoms with Gasteiger partial charge in [-0.2, -0.15) is 4.31 Å². The quantitative estimate of drug-likeness (QED) is 0.794. The first-order chi connectivity index (χ1) is 11.3. The summed E-state index contributed by atoms with van der Waals surface area (Å²) in [5, 5.41) is 0. The maximum absolute atomic E-state index is 13.5. The van der Waals surface area contributed by atoms with Crippen molar-refractivity contribution in [2.75, 3.05) is 4.31 Å². The number of amides is 1. The molecule has 5 nitrogen and oxygen atoms in total. The standard InChI is InChI=1S/C17H14FNO4S/c1-3-16-14-10-12(18)6-9-15(14)19(17(20)23-16)24(21,22)13-7-4-11(2)5-8-13/h3-10,16H,1H2,2H3. The van der Waals surface area contributed by atoms with Gasteiger partial charge >= 0.3 is 6.09 Å². The minimum absolute atomic E-state index is 0.0538. The number of rotatable bonds is 3. The first-order valence-corrected chi connectivity index (χ1v) is 8.53. The van der Waals surface area contributed by atoms with E-state index >= 15 is 0 Å². The summed E-state index contributed by atoms with van der Waals surface area (Å²) in [6.07, 6.45) is -0.654. The number of aryl methyl sites for hydroxylation is 1. The molecule has 1 aliphatic heterocycles. The Morgan fingerprint density at radius 3 is 2.50 bits per heavy atom. The first kappa shape index (κ1) is 16.2. The van der Waals surface area contributed by atoms with Gasteiger partial charge in [0.1, 0.15) is 11.9 Å². The number of carbonyl (C=O) groups is 1. The molecular formula is C17H14FNO4S. The average Bonchev–Trinajstić information content (AvgIpc) is 2.54. The second kappa shape index (κ2) is 5.76. The van der Waals surface area contributed by atoms with Crippen LogP contribution in [-0.2, 0) is 14.8 Å². The fourth-order valence-electron chi connectivity index (χ4n) is 2.47. The van der Waals surface area contributed by atoms with Gasteiger partial charge in [0.05, 0.1) is 10.6 Å². The molecule has 0 saturated heterocycles. The summed E-state index contributed by atoms with van der Waals surface area (Å²) in [4.78, 5) is 12.2.